The molecule has 0 N–H and O–H groups in total. The predicted molar refractivity (Wildman–Crippen MR) is 54.0 cm³/mol. The minimum Gasteiger partial charge on any atom is -0.334 e. The van der Waals surface area contributed by atoms with Gasteiger partial charge in [-0.15, -0.1) is 11.8 Å². The quantitative estimate of drug-likeness (QED) is 0.706. The van der Waals surface area contributed by atoms with Crippen molar-refractivity contribution in [3.05, 3.63) is 24.2 Å². The van der Waals surface area contributed by atoms with Crippen LogP contribution in [0.3, 0.4) is 0 Å². The van der Waals surface area contributed by atoms with Gasteiger partial charge in [0.15, 0.2) is 5.82 Å². The minimum atomic E-state index is 0.528. The van der Waals surface area contributed by atoms with Gasteiger partial charge in [0.1, 0.15) is 5.03 Å². The van der Waals surface area contributed by atoms with E-state index in [0.29, 0.717) is 11.7 Å². The Bertz CT molecular complexity index is 441. The molecule has 2 aromatic heterocycles. The van der Waals surface area contributed by atoms with Gasteiger partial charge in [0.25, 0.3) is 5.89 Å². The van der Waals surface area contributed by atoms with Crippen LogP contribution < -0.4 is 0 Å². The monoisotopic (exact) mass is 207 g/mol. The first-order chi connectivity index (χ1) is 6.81. The van der Waals surface area contributed by atoms with E-state index in [1.54, 1.807) is 24.9 Å². The van der Waals surface area contributed by atoms with Gasteiger partial charge in [0.2, 0.25) is 0 Å². The molecule has 0 aromatic carbocycles. The van der Waals surface area contributed by atoms with Crippen molar-refractivity contribution < 1.29 is 4.52 Å². The lowest BCUT2D eigenvalue weighted by molar-refractivity contribution is 0.424. The number of rotatable bonds is 2. The number of thioether (sulfide) groups is 1. The zero-order valence-electron chi connectivity index (χ0n) is 7.89. The van der Waals surface area contributed by atoms with Crippen LogP contribution in [0.4, 0.5) is 0 Å². The van der Waals surface area contributed by atoms with Crippen molar-refractivity contribution in [1.29, 1.82) is 0 Å². The summed E-state index contributed by atoms with van der Waals surface area (Å²) in [6, 6.07) is 3.78. The molecule has 0 bridgehead atoms. The van der Waals surface area contributed by atoms with Crippen molar-refractivity contribution in [3.63, 3.8) is 0 Å². The number of pyridine rings is 1. The van der Waals surface area contributed by atoms with Crippen LogP contribution in [0.25, 0.3) is 11.5 Å². The second-order valence-electron chi connectivity index (χ2n) is 2.71. The van der Waals surface area contributed by atoms with Crippen LogP contribution in [0.5, 0.6) is 0 Å². The average molecular weight is 207 g/mol. The maximum Gasteiger partial charge on any atom is 0.260 e. The molecule has 0 saturated heterocycles. The van der Waals surface area contributed by atoms with E-state index in [1.807, 2.05) is 18.4 Å². The molecule has 0 fully saturated rings. The van der Waals surface area contributed by atoms with Crippen molar-refractivity contribution >= 4 is 11.8 Å². The standard InChI is InChI=1S/C9H9N3OS/c1-6-11-8(13-12-6)7-4-3-5-10-9(7)14-2/h3-5H,1-2H3. The summed E-state index contributed by atoms with van der Waals surface area (Å²) in [5.41, 5.74) is 0.889. The molecular formula is C9H9N3OS. The normalized spacial score (nSPS) is 10.4. The summed E-state index contributed by atoms with van der Waals surface area (Å²) in [5, 5.41) is 4.64. The first-order valence-corrected chi connectivity index (χ1v) is 5.33. The second kappa shape index (κ2) is 3.79. The zero-order valence-corrected chi connectivity index (χ0v) is 8.71. The van der Waals surface area contributed by atoms with E-state index < -0.39 is 0 Å². The summed E-state index contributed by atoms with van der Waals surface area (Å²) < 4.78 is 5.08. The molecule has 2 rings (SSSR count). The number of hydrogen-bond acceptors (Lipinski definition) is 5. The SMILES string of the molecule is CSc1ncccc1-c1nc(C)no1. The fraction of sp³-hybridized carbons (Fsp3) is 0.222. The minimum absolute atomic E-state index is 0.528. The van der Waals surface area contributed by atoms with E-state index in [0.717, 1.165) is 10.6 Å². The Labute approximate surface area is 85.7 Å². The molecule has 2 aromatic rings. The molecule has 14 heavy (non-hydrogen) atoms. The summed E-state index contributed by atoms with van der Waals surface area (Å²) in [7, 11) is 0. The van der Waals surface area contributed by atoms with Crippen molar-refractivity contribution in [2.75, 3.05) is 6.26 Å². The summed E-state index contributed by atoms with van der Waals surface area (Å²) >= 11 is 1.56. The van der Waals surface area contributed by atoms with Crippen LogP contribution in [0.2, 0.25) is 0 Å². The topological polar surface area (TPSA) is 51.8 Å². The number of aromatic nitrogens is 3. The van der Waals surface area contributed by atoms with Crippen LogP contribution in [0.15, 0.2) is 27.9 Å². The maximum absolute atomic E-state index is 5.08. The molecule has 72 valence electrons. The highest BCUT2D eigenvalue weighted by atomic mass is 32.2. The van der Waals surface area contributed by atoms with Crippen molar-refractivity contribution in [2.45, 2.75) is 11.9 Å². The summed E-state index contributed by atoms with van der Waals surface area (Å²) in [4.78, 5) is 8.38. The smallest absolute Gasteiger partial charge is 0.260 e. The van der Waals surface area contributed by atoms with Crippen molar-refractivity contribution in [3.8, 4) is 11.5 Å². The largest absolute Gasteiger partial charge is 0.334 e. The number of nitrogens with zero attached hydrogens (tertiary/aromatic N) is 3. The lowest BCUT2D eigenvalue weighted by atomic mass is 10.3. The molecule has 2 heterocycles. The van der Waals surface area contributed by atoms with Gasteiger partial charge in [-0.1, -0.05) is 5.16 Å². The molecule has 4 nitrogen and oxygen atoms in total. The van der Waals surface area contributed by atoms with E-state index in [4.69, 9.17) is 4.52 Å². The Kier molecular flexibility index (Phi) is 2.49. The molecule has 5 heteroatoms. The second-order valence-corrected chi connectivity index (χ2v) is 3.50. The third-order valence-corrected chi connectivity index (χ3v) is 2.43. The molecular weight excluding hydrogens is 198 g/mol. The van der Waals surface area contributed by atoms with Crippen LogP contribution in [0.1, 0.15) is 5.82 Å². The van der Waals surface area contributed by atoms with Gasteiger partial charge >= 0.3 is 0 Å². The van der Waals surface area contributed by atoms with E-state index in [9.17, 15) is 0 Å². The summed E-state index contributed by atoms with van der Waals surface area (Å²) in [5.74, 6) is 1.16. The van der Waals surface area contributed by atoms with Gasteiger partial charge in [-0.05, 0) is 25.3 Å². The first kappa shape index (κ1) is 9.21. The molecule has 0 aliphatic heterocycles. The fourth-order valence-electron chi connectivity index (χ4n) is 1.12. The highest BCUT2D eigenvalue weighted by Gasteiger charge is 2.10. The van der Waals surface area contributed by atoms with E-state index in [1.165, 1.54) is 0 Å². The Morgan fingerprint density at radius 3 is 2.93 bits per heavy atom. The Hall–Kier alpha value is -1.36. The van der Waals surface area contributed by atoms with Crippen LogP contribution in [-0.2, 0) is 0 Å². The maximum atomic E-state index is 5.08. The zero-order chi connectivity index (χ0) is 9.97. The number of aryl methyl sites for hydroxylation is 1. The molecule has 0 unspecified atom stereocenters. The van der Waals surface area contributed by atoms with E-state index in [-0.39, 0.29) is 0 Å². The van der Waals surface area contributed by atoms with Gasteiger partial charge in [-0.25, -0.2) is 4.98 Å². The van der Waals surface area contributed by atoms with Gasteiger partial charge in [0, 0.05) is 6.20 Å². The van der Waals surface area contributed by atoms with Gasteiger partial charge in [0.05, 0.1) is 5.56 Å². The summed E-state index contributed by atoms with van der Waals surface area (Å²) in [6.07, 6.45) is 3.72. The van der Waals surface area contributed by atoms with Gasteiger partial charge in [-0.3, -0.25) is 0 Å². The van der Waals surface area contributed by atoms with Gasteiger partial charge < -0.3 is 4.52 Å². The third-order valence-electron chi connectivity index (χ3n) is 1.72. The van der Waals surface area contributed by atoms with Crippen molar-refractivity contribution in [2.24, 2.45) is 0 Å². The third kappa shape index (κ3) is 1.63. The van der Waals surface area contributed by atoms with Crippen LogP contribution in [-0.4, -0.2) is 21.4 Å². The molecule has 0 radical (unpaired) electrons. The lowest BCUT2D eigenvalue weighted by Crippen LogP contribution is -1.85. The Balaban J connectivity index is 2.50. The van der Waals surface area contributed by atoms with Crippen LogP contribution in [0, 0.1) is 6.92 Å². The first-order valence-electron chi connectivity index (χ1n) is 4.11. The molecule has 0 saturated carbocycles. The molecule has 0 spiro atoms. The molecule has 0 atom stereocenters. The molecule has 0 amide bonds. The Morgan fingerprint density at radius 1 is 1.43 bits per heavy atom. The fourth-order valence-corrected chi connectivity index (χ4v) is 1.66. The Morgan fingerprint density at radius 2 is 2.29 bits per heavy atom. The number of hydrogen-bond donors (Lipinski definition) is 0. The highest BCUT2D eigenvalue weighted by Crippen LogP contribution is 2.26. The molecule has 0 aliphatic rings. The lowest BCUT2D eigenvalue weighted by Gasteiger charge is -1.99. The van der Waals surface area contributed by atoms with Crippen molar-refractivity contribution in [1.82, 2.24) is 15.1 Å². The van der Waals surface area contributed by atoms with E-state index in [2.05, 4.69) is 15.1 Å². The molecule has 0 aliphatic carbocycles. The van der Waals surface area contributed by atoms with Gasteiger partial charge in [-0.2, -0.15) is 4.98 Å². The average Bonchev–Trinajstić information content (AvgIpc) is 2.65. The summed E-state index contributed by atoms with van der Waals surface area (Å²) in [6.45, 7) is 1.79. The van der Waals surface area contributed by atoms with E-state index >= 15 is 0 Å². The predicted octanol–water partition coefficient (Wildman–Crippen LogP) is 2.16. The van der Waals surface area contributed by atoms with Crippen LogP contribution >= 0.6 is 11.8 Å². The highest BCUT2D eigenvalue weighted by molar-refractivity contribution is 7.98.